The SMILES string of the molecule is O=C(Nc1nc(-c2ccccc2)c(CN2CCOCC2)s1)c1ccccc1Br. The molecule has 5 nitrogen and oxygen atoms in total. The number of amides is 1. The van der Waals surface area contributed by atoms with Crippen molar-refractivity contribution in [1.29, 1.82) is 0 Å². The van der Waals surface area contributed by atoms with E-state index in [1.54, 1.807) is 6.07 Å². The van der Waals surface area contributed by atoms with Crippen LogP contribution in [0.5, 0.6) is 0 Å². The maximum atomic E-state index is 12.7. The summed E-state index contributed by atoms with van der Waals surface area (Å²) in [5, 5.41) is 3.58. The van der Waals surface area contributed by atoms with E-state index < -0.39 is 0 Å². The minimum atomic E-state index is -0.168. The molecule has 4 rings (SSSR count). The van der Waals surface area contributed by atoms with Crippen LogP contribution in [-0.4, -0.2) is 42.1 Å². The lowest BCUT2D eigenvalue weighted by Crippen LogP contribution is -2.35. The molecular weight excluding hydrogens is 438 g/mol. The van der Waals surface area contributed by atoms with Crippen LogP contribution >= 0.6 is 27.3 Å². The van der Waals surface area contributed by atoms with Crippen LogP contribution in [0.1, 0.15) is 15.2 Å². The Hall–Kier alpha value is -2.06. The molecule has 0 unspecified atom stereocenters. The zero-order valence-electron chi connectivity index (χ0n) is 15.2. The fraction of sp³-hybridized carbons (Fsp3) is 0.238. The van der Waals surface area contributed by atoms with E-state index >= 15 is 0 Å². The minimum Gasteiger partial charge on any atom is -0.379 e. The number of carbonyl (C=O) groups is 1. The summed E-state index contributed by atoms with van der Waals surface area (Å²) in [6, 6.07) is 17.5. The lowest BCUT2D eigenvalue weighted by molar-refractivity contribution is 0.0347. The van der Waals surface area contributed by atoms with E-state index in [9.17, 15) is 4.79 Å². The average molecular weight is 458 g/mol. The summed E-state index contributed by atoms with van der Waals surface area (Å²) in [4.78, 5) is 20.9. The van der Waals surface area contributed by atoms with Crippen molar-refractivity contribution < 1.29 is 9.53 Å². The van der Waals surface area contributed by atoms with Crippen molar-refractivity contribution in [2.24, 2.45) is 0 Å². The molecule has 1 saturated heterocycles. The largest absolute Gasteiger partial charge is 0.379 e. The zero-order valence-corrected chi connectivity index (χ0v) is 17.6. The summed E-state index contributed by atoms with van der Waals surface area (Å²) in [6.45, 7) is 4.13. The van der Waals surface area contributed by atoms with Crippen LogP contribution in [0.4, 0.5) is 5.13 Å². The van der Waals surface area contributed by atoms with Gasteiger partial charge in [-0.1, -0.05) is 53.8 Å². The Labute approximate surface area is 176 Å². The van der Waals surface area contributed by atoms with Crippen LogP contribution in [0.3, 0.4) is 0 Å². The number of benzene rings is 2. The fourth-order valence-corrected chi connectivity index (χ4v) is 4.59. The topological polar surface area (TPSA) is 54.5 Å². The number of anilines is 1. The molecule has 7 heteroatoms. The molecule has 2 heterocycles. The van der Waals surface area contributed by atoms with Gasteiger partial charge in [-0.15, -0.1) is 0 Å². The van der Waals surface area contributed by atoms with Gasteiger partial charge in [-0.3, -0.25) is 15.0 Å². The third-order valence-electron chi connectivity index (χ3n) is 4.55. The molecule has 1 aromatic heterocycles. The molecule has 28 heavy (non-hydrogen) atoms. The first-order valence-electron chi connectivity index (χ1n) is 9.12. The normalized spacial score (nSPS) is 14.8. The fourth-order valence-electron chi connectivity index (χ4n) is 3.11. The van der Waals surface area contributed by atoms with Gasteiger partial charge in [0, 0.05) is 34.5 Å². The number of nitrogens with zero attached hydrogens (tertiary/aromatic N) is 2. The van der Waals surface area contributed by atoms with E-state index in [4.69, 9.17) is 9.72 Å². The standard InChI is InChI=1S/C21H20BrN3O2S/c22-17-9-5-4-8-16(17)20(26)24-21-23-19(15-6-2-1-3-7-15)18(28-21)14-25-10-12-27-13-11-25/h1-9H,10-14H2,(H,23,24,26). The molecule has 1 aliphatic rings. The lowest BCUT2D eigenvalue weighted by atomic mass is 10.1. The predicted octanol–water partition coefficient (Wildman–Crippen LogP) is 4.66. The molecule has 1 fully saturated rings. The smallest absolute Gasteiger partial charge is 0.258 e. The van der Waals surface area contributed by atoms with Gasteiger partial charge in [0.15, 0.2) is 5.13 Å². The van der Waals surface area contributed by atoms with Crippen molar-refractivity contribution in [1.82, 2.24) is 9.88 Å². The molecule has 0 bridgehead atoms. The number of morpholine rings is 1. The molecule has 1 aliphatic heterocycles. The van der Waals surface area contributed by atoms with E-state index in [1.165, 1.54) is 11.3 Å². The van der Waals surface area contributed by atoms with Gasteiger partial charge in [-0.2, -0.15) is 0 Å². The van der Waals surface area contributed by atoms with E-state index in [2.05, 4.69) is 38.3 Å². The first-order chi connectivity index (χ1) is 13.7. The molecule has 144 valence electrons. The molecule has 1 amide bonds. The maximum absolute atomic E-state index is 12.7. The van der Waals surface area contributed by atoms with Crippen LogP contribution < -0.4 is 5.32 Å². The Morgan fingerprint density at radius 2 is 1.82 bits per heavy atom. The van der Waals surface area contributed by atoms with Gasteiger partial charge in [0.25, 0.3) is 5.91 Å². The predicted molar refractivity (Wildman–Crippen MR) is 116 cm³/mol. The van der Waals surface area contributed by atoms with Gasteiger partial charge in [0.1, 0.15) is 0 Å². The van der Waals surface area contributed by atoms with E-state index in [0.717, 1.165) is 53.5 Å². The second-order valence-corrected chi connectivity index (χ2v) is 8.42. The first-order valence-corrected chi connectivity index (χ1v) is 10.7. The number of hydrogen-bond donors (Lipinski definition) is 1. The minimum absolute atomic E-state index is 0.168. The first kappa shape index (κ1) is 19.3. The number of ether oxygens (including phenoxy) is 1. The van der Waals surface area contributed by atoms with Crippen LogP contribution in [0, 0.1) is 0 Å². The molecule has 0 spiro atoms. The lowest BCUT2D eigenvalue weighted by Gasteiger charge is -2.26. The van der Waals surface area contributed by atoms with Gasteiger partial charge >= 0.3 is 0 Å². The van der Waals surface area contributed by atoms with Gasteiger partial charge in [-0.25, -0.2) is 4.98 Å². The van der Waals surface area contributed by atoms with Gasteiger partial charge in [-0.05, 0) is 28.1 Å². The van der Waals surface area contributed by atoms with E-state index in [1.807, 2.05) is 36.4 Å². The maximum Gasteiger partial charge on any atom is 0.258 e. The number of carbonyl (C=O) groups excluding carboxylic acids is 1. The third kappa shape index (κ3) is 4.50. The molecule has 0 aliphatic carbocycles. The van der Waals surface area contributed by atoms with Crippen molar-refractivity contribution in [3.8, 4) is 11.3 Å². The molecule has 1 N–H and O–H groups in total. The Kier molecular flexibility index (Phi) is 6.17. The highest BCUT2D eigenvalue weighted by molar-refractivity contribution is 9.10. The second kappa shape index (κ2) is 8.96. The summed E-state index contributed by atoms with van der Waals surface area (Å²) in [5.74, 6) is -0.168. The Morgan fingerprint density at radius 1 is 1.11 bits per heavy atom. The second-order valence-electron chi connectivity index (χ2n) is 6.48. The van der Waals surface area contributed by atoms with Crippen molar-refractivity contribution in [2.75, 3.05) is 31.6 Å². The van der Waals surface area contributed by atoms with Crippen LogP contribution in [0.25, 0.3) is 11.3 Å². The number of nitrogens with one attached hydrogen (secondary N) is 1. The van der Waals surface area contributed by atoms with Crippen molar-refractivity contribution in [3.05, 3.63) is 69.5 Å². The van der Waals surface area contributed by atoms with Crippen molar-refractivity contribution in [3.63, 3.8) is 0 Å². The molecular formula is C21H20BrN3O2S. The summed E-state index contributed by atoms with van der Waals surface area (Å²) >= 11 is 4.97. The molecule has 2 aromatic carbocycles. The number of thiazole rings is 1. The van der Waals surface area contributed by atoms with Crippen molar-refractivity contribution >= 4 is 38.3 Å². The number of rotatable bonds is 5. The number of hydrogen-bond acceptors (Lipinski definition) is 5. The molecule has 3 aromatic rings. The van der Waals surface area contributed by atoms with E-state index in [0.29, 0.717) is 10.7 Å². The van der Waals surface area contributed by atoms with Crippen LogP contribution in [-0.2, 0) is 11.3 Å². The quantitative estimate of drug-likeness (QED) is 0.605. The highest BCUT2D eigenvalue weighted by atomic mass is 79.9. The molecule has 0 atom stereocenters. The Balaban J connectivity index is 1.61. The van der Waals surface area contributed by atoms with Gasteiger partial charge in [0.2, 0.25) is 0 Å². The van der Waals surface area contributed by atoms with Crippen LogP contribution in [0.2, 0.25) is 0 Å². The highest BCUT2D eigenvalue weighted by Gasteiger charge is 2.19. The summed E-state index contributed by atoms with van der Waals surface area (Å²) in [7, 11) is 0. The van der Waals surface area contributed by atoms with E-state index in [-0.39, 0.29) is 5.91 Å². The number of halogens is 1. The number of aromatic nitrogens is 1. The van der Waals surface area contributed by atoms with Gasteiger partial charge < -0.3 is 4.74 Å². The summed E-state index contributed by atoms with van der Waals surface area (Å²) < 4.78 is 6.22. The highest BCUT2D eigenvalue weighted by Crippen LogP contribution is 2.33. The summed E-state index contributed by atoms with van der Waals surface area (Å²) in [6.07, 6.45) is 0. The zero-order chi connectivity index (χ0) is 19.3. The molecule has 0 radical (unpaired) electrons. The van der Waals surface area contributed by atoms with Gasteiger partial charge in [0.05, 0.1) is 24.5 Å². The average Bonchev–Trinajstić information content (AvgIpc) is 3.11. The Morgan fingerprint density at radius 3 is 2.57 bits per heavy atom. The van der Waals surface area contributed by atoms with Crippen LogP contribution in [0.15, 0.2) is 59.1 Å². The third-order valence-corrected chi connectivity index (χ3v) is 6.20. The monoisotopic (exact) mass is 457 g/mol. The Bertz CT molecular complexity index is 955. The summed E-state index contributed by atoms with van der Waals surface area (Å²) in [5.41, 5.74) is 2.58. The molecule has 0 saturated carbocycles. The van der Waals surface area contributed by atoms with Crippen molar-refractivity contribution in [2.45, 2.75) is 6.54 Å².